The van der Waals surface area contributed by atoms with Crippen LogP contribution in [0.3, 0.4) is 0 Å². The maximum absolute atomic E-state index is 13.8. The van der Waals surface area contributed by atoms with Crippen LogP contribution in [0.1, 0.15) is 19.5 Å². The summed E-state index contributed by atoms with van der Waals surface area (Å²) in [4.78, 5) is 16.5. The highest BCUT2D eigenvalue weighted by atomic mass is 79.9. The van der Waals surface area contributed by atoms with Crippen LogP contribution in [-0.2, 0) is 17.5 Å². The maximum Gasteiger partial charge on any atom is 0.434 e. The predicted molar refractivity (Wildman–Crippen MR) is 139 cm³/mol. The lowest BCUT2D eigenvalue weighted by molar-refractivity contribution is -0.146. The number of amides is 1. The smallest absolute Gasteiger partial charge is 0.434 e. The number of hydrogen-bond acceptors (Lipinski definition) is 4. The molecule has 11 heteroatoms. The Kier molecular flexibility index (Phi) is 9.30. The first-order chi connectivity index (χ1) is 17.2. The molecule has 6 nitrogen and oxygen atoms in total. The average Bonchev–Trinajstić information content (AvgIpc) is 3.22. The lowest BCUT2D eigenvalue weighted by Gasteiger charge is -2.36. The Morgan fingerprint density at radius 1 is 1.08 bits per heavy atom. The van der Waals surface area contributed by atoms with Crippen molar-refractivity contribution in [3.8, 4) is 17.0 Å². The van der Waals surface area contributed by atoms with Crippen LogP contribution >= 0.6 is 27.5 Å². The van der Waals surface area contributed by atoms with Gasteiger partial charge in [0, 0.05) is 43.5 Å². The van der Waals surface area contributed by atoms with Crippen LogP contribution in [0.25, 0.3) is 11.3 Å². The van der Waals surface area contributed by atoms with E-state index in [9.17, 15) is 18.0 Å². The number of halogens is 5. The van der Waals surface area contributed by atoms with Gasteiger partial charge in [0.1, 0.15) is 18.0 Å². The van der Waals surface area contributed by atoms with Crippen molar-refractivity contribution < 1.29 is 22.7 Å². The Morgan fingerprint density at radius 2 is 1.72 bits per heavy atom. The standard InChI is InChI=1S/C23H21BrClF3N4O2.C2H6/c1-34-18-13-16(7-8-17(18)25)30-9-11-31(12-10-30)19(33)14-32-22(23(26,27)28)20(24)21(29-32)15-5-3-2-4-6-15;1-2/h2-8,13H,9-12,14H2,1H3;1-2H3. The third-order valence-corrected chi connectivity index (χ3v) is 6.69. The minimum Gasteiger partial charge on any atom is -0.495 e. The van der Waals surface area contributed by atoms with Crippen molar-refractivity contribution in [2.24, 2.45) is 0 Å². The molecule has 1 fully saturated rings. The molecule has 2 aromatic carbocycles. The lowest BCUT2D eigenvalue weighted by Crippen LogP contribution is -2.49. The number of hydrogen-bond donors (Lipinski definition) is 0. The molecule has 1 aliphatic rings. The average molecular weight is 588 g/mol. The quantitative estimate of drug-likeness (QED) is 0.348. The number of carbonyl (C=O) groups is 1. The molecule has 3 aromatic rings. The van der Waals surface area contributed by atoms with Gasteiger partial charge in [0.25, 0.3) is 0 Å². The predicted octanol–water partition coefficient (Wildman–Crippen LogP) is 6.37. The van der Waals surface area contributed by atoms with Crippen LogP contribution in [0, 0.1) is 0 Å². The van der Waals surface area contributed by atoms with E-state index in [0.717, 1.165) is 10.4 Å². The molecule has 36 heavy (non-hydrogen) atoms. The van der Waals surface area contributed by atoms with Gasteiger partial charge in [0.2, 0.25) is 5.91 Å². The number of alkyl halides is 3. The van der Waals surface area contributed by atoms with Gasteiger partial charge in [0.15, 0.2) is 5.69 Å². The van der Waals surface area contributed by atoms with Crippen LogP contribution in [-0.4, -0.2) is 53.9 Å². The van der Waals surface area contributed by atoms with Crippen molar-refractivity contribution in [2.75, 3.05) is 38.2 Å². The topological polar surface area (TPSA) is 50.6 Å². The van der Waals surface area contributed by atoms with E-state index in [1.54, 1.807) is 41.3 Å². The molecular weight excluding hydrogens is 561 g/mol. The summed E-state index contributed by atoms with van der Waals surface area (Å²) >= 11 is 9.14. The lowest BCUT2D eigenvalue weighted by atomic mass is 10.1. The van der Waals surface area contributed by atoms with Crippen molar-refractivity contribution >= 4 is 39.1 Å². The van der Waals surface area contributed by atoms with Crippen LogP contribution in [0.15, 0.2) is 53.0 Å². The Morgan fingerprint density at radius 3 is 2.31 bits per heavy atom. The number of methoxy groups -OCH3 is 1. The molecule has 1 amide bonds. The van der Waals surface area contributed by atoms with Gasteiger partial charge in [-0.15, -0.1) is 0 Å². The molecule has 0 radical (unpaired) electrons. The van der Waals surface area contributed by atoms with Gasteiger partial charge >= 0.3 is 6.18 Å². The van der Waals surface area contributed by atoms with Gasteiger partial charge in [-0.3, -0.25) is 4.79 Å². The second kappa shape index (κ2) is 12.0. The Bertz CT molecular complexity index is 1180. The molecule has 0 saturated carbocycles. The highest BCUT2D eigenvalue weighted by Crippen LogP contribution is 2.40. The molecule has 194 valence electrons. The molecule has 1 aromatic heterocycles. The van der Waals surface area contributed by atoms with Crippen molar-refractivity contribution in [2.45, 2.75) is 26.6 Å². The van der Waals surface area contributed by atoms with Gasteiger partial charge in [-0.2, -0.15) is 18.3 Å². The first-order valence-electron chi connectivity index (χ1n) is 11.4. The third kappa shape index (κ3) is 6.15. The van der Waals surface area contributed by atoms with E-state index in [0.29, 0.717) is 42.5 Å². The normalized spacial score (nSPS) is 13.8. The zero-order chi connectivity index (χ0) is 26.5. The SMILES string of the molecule is CC.COc1cc(N2CCN(C(=O)Cn3nc(-c4ccccc4)c(Br)c3C(F)(F)F)CC2)ccc1Cl. The largest absolute Gasteiger partial charge is 0.495 e. The Balaban J connectivity index is 0.00000176. The number of nitrogens with zero attached hydrogens (tertiary/aromatic N) is 4. The van der Waals surface area contributed by atoms with Crippen LogP contribution in [0.4, 0.5) is 18.9 Å². The highest BCUT2D eigenvalue weighted by Gasteiger charge is 2.40. The monoisotopic (exact) mass is 586 g/mol. The summed E-state index contributed by atoms with van der Waals surface area (Å²) in [5.74, 6) is 0.129. The van der Waals surface area contributed by atoms with Crippen LogP contribution in [0.5, 0.6) is 5.75 Å². The summed E-state index contributed by atoms with van der Waals surface area (Å²) in [7, 11) is 1.54. The number of anilines is 1. The maximum atomic E-state index is 13.8. The van der Waals surface area contributed by atoms with Gasteiger partial charge in [-0.05, 0) is 28.1 Å². The van der Waals surface area contributed by atoms with Gasteiger partial charge < -0.3 is 14.5 Å². The van der Waals surface area contributed by atoms with E-state index in [4.69, 9.17) is 16.3 Å². The summed E-state index contributed by atoms with van der Waals surface area (Å²) in [5.41, 5.74) is 0.586. The molecular formula is C25H27BrClF3N4O2. The second-order valence-corrected chi connectivity index (χ2v) is 8.92. The van der Waals surface area contributed by atoms with Gasteiger partial charge in [-0.1, -0.05) is 55.8 Å². The Labute approximate surface area is 221 Å². The second-order valence-electron chi connectivity index (χ2n) is 7.72. The Hall–Kier alpha value is -2.72. The van der Waals surface area contributed by atoms with Gasteiger partial charge in [-0.25, -0.2) is 4.68 Å². The fraction of sp³-hybridized carbons (Fsp3) is 0.360. The fourth-order valence-corrected chi connectivity index (χ4v) is 4.83. The fourth-order valence-electron chi connectivity index (χ4n) is 3.89. The minimum atomic E-state index is -4.68. The van der Waals surface area contributed by atoms with E-state index in [-0.39, 0.29) is 10.2 Å². The first kappa shape index (κ1) is 27.9. The molecule has 0 unspecified atom stereocenters. The number of carbonyl (C=O) groups excluding carboxylic acids is 1. The molecule has 1 saturated heterocycles. The van der Waals surface area contributed by atoms with E-state index < -0.39 is 24.3 Å². The summed E-state index contributed by atoms with van der Waals surface area (Å²) in [6.07, 6.45) is -4.68. The van der Waals surface area contributed by atoms with E-state index >= 15 is 0 Å². The molecule has 2 heterocycles. The molecule has 4 rings (SSSR count). The zero-order valence-corrected chi connectivity index (χ0v) is 22.5. The van der Waals surface area contributed by atoms with Crippen molar-refractivity contribution in [1.29, 1.82) is 0 Å². The van der Waals surface area contributed by atoms with Crippen molar-refractivity contribution in [1.82, 2.24) is 14.7 Å². The molecule has 1 aliphatic heterocycles. The zero-order valence-electron chi connectivity index (χ0n) is 20.1. The minimum absolute atomic E-state index is 0.141. The highest BCUT2D eigenvalue weighted by molar-refractivity contribution is 9.10. The molecule has 0 atom stereocenters. The summed E-state index contributed by atoms with van der Waals surface area (Å²) in [6, 6.07) is 14.0. The number of ether oxygens (including phenoxy) is 1. The molecule has 0 bridgehead atoms. The first-order valence-corrected chi connectivity index (χ1v) is 12.6. The molecule has 0 N–H and O–H groups in total. The number of benzene rings is 2. The molecule has 0 spiro atoms. The van der Waals surface area contributed by atoms with Crippen LogP contribution in [0.2, 0.25) is 5.02 Å². The van der Waals surface area contributed by atoms with Gasteiger partial charge in [0.05, 0.1) is 16.6 Å². The van der Waals surface area contributed by atoms with Crippen molar-refractivity contribution in [3.63, 3.8) is 0 Å². The summed E-state index contributed by atoms with van der Waals surface area (Å²) in [6.45, 7) is 5.30. The van der Waals surface area contributed by atoms with E-state index in [1.165, 1.54) is 7.11 Å². The molecule has 0 aliphatic carbocycles. The van der Waals surface area contributed by atoms with E-state index in [1.807, 2.05) is 26.0 Å². The van der Waals surface area contributed by atoms with Crippen LogP contribution < -0.4 is 9.64 Å². The van der Waals surface area contributed by atoms with Crippen molar-refractivity contribution in [3.05, 3.63) is 63.7 Å². The number of piperazine rings is 1. The van der Waals surface area contributed by atoms with E-state index in [2.05, 4.69) is 25.9 Å². The number of aromatic nitrogens is 2. The third-order valence-electron chi connectivity index (χ3n) is 5.63. The number of rotatable bonds is 5. The summed E-state index contributed by atoms with van der Waals surface area (Å²) < 4.78 is 47.3. The summed E-state index contributed by atoms with van der Waals surface area (Å²) in [5, 5.41) is 4.64.